The Hall–Kier alpha value is -2.28. The molecule has 0 radical (unpaired) electrons. The first-order valence-electron chi connectivity index (χ1n) is 7.85. The highest BCUT2D eigenvalue weighted by Crippen LogP contribution is 2.32. The number of hydrogen-bond donors (Lipinski definition) is 2. The fraction of sp³-hybridized carbons (Fsp3) is 0.333. The zero-order valence-corrected chi connectivity index (χ0v) is 16.2. The zero-order chi connectivity index (χ0) is 18.6. The second-order valence-electron chi connectivity index (χ2n) is 5.98. The molecular formula is C18H21BrN2O4. The molecule has 0 atom stereocenters. The SMILES string of the molecule is Cc1cc(OCC(=O)NNC(=O)c2ccoc2C)c(C(C)C)cc1Br. The Morgan fingerprint density at radius 2 is 1.96 bits per heavy atom. The maximum Gasteiger partial charge on any atom is 0.276 e. The Morgan fingerprint density at radius 3 is 2.56 bits per heavy atom. The molecule has 2 amide bonds. The molecule has 0 saturated heterocycles. The normalized spacial score (nSPS) is 10.6. The van der Waals surface area contributed by atoms with E-state index in [1.807, 2.05) is 19.1 Å². The first-order chi connectivity index (χ1) is 11.8. The molecule has 7 heteroatoms. The van der Waals surface area contributed by atoms with Gasteiger partial charge in [-0.25, -0.2) is 0 Å². The molecule has 2 rings (SSSR count). The van der Waals surface area contributed by atoms with E-state index in [2.05, 4.69) is 40.6 Å². The molecule has 0 aliphatic rings. The van der Waals surface area contributed by atoms with Crippen LogP contribution in [-0.2, 0) is 4.79 Å². The van der Waals surface area contributed by atoms with Crippen molar-refractivity contribution in [3.05, 3.63) is 51.4 Å². The predicted molar refractivity (Wildman–Crippen MR) is 97.5 cm³/mol. The van der Waals surface area contributed by atoms with E-state index < -0.39 is 11.8 Å². The van der Waals surface area contributed by atoms with Gasteiger partial charge in [-0.3, -0.25) is 20.4 Å². The number of hydrazine groups is 1. The first kappa shape index (κ1) is 19.1. The second kappa shape index (κ2) is 8.20. The maximum atomic E-state index is 11.9. The van der Waals surface area contributed by atoms with Gasteiger partial charge in [0.25, 0.3) is 11.8 Å². The summed E-state index contributed by atoms with van der Waals surface area (Å²) in [6.45, 7) is 7.53. The van der Waals surface area contributed by atoms with Crippen LogP contribution in [0.4, 0.5) is 0 Å². The van der Waals surface area contributed by atoms with Crippen molar-refractivity contribution >= 4 is 27.7 Å². The third kappa shape index (κ3) is 4.85. The molecule has 2 aromatic rings. The number of furan rings is 1. The average Bonchev–Trinajstić information content (AvgIpc) is 2.99. The number of hydrogen-bond acceptors (Lipinski definition) is 4. The van der Waals surface area contributed by atoms with Gasteiger partial charge < -0.3 is 9.15 Å². The van der Waals surface area contributed by atoms with Crippen LogP contribution in [0.5, 0.6) is 5.75 Å². The maximum absolute atomic E-state index is 11.9. The number of ether oxygens (including phenoxy) is 1. The lowest BCUT2D eigenvalue weighted by atomic mass is 10.0. The number of nitrogens with one attached hydrogen (secondary N) is 2. The second-order valence-corrected chi connectivity index (χ2v) is 6.83. The van der Waals surface area contributed by atoms with Crippen LogP contribution < -0.4 is 15.6 Å². The zero-order valence-electron chi connectivity index (χ0n) is 14.6. The Balaban J connectivity index is 1.93. The highest BCUT2D eigenvalue weighted by Gasteiger charge is 2.14. The van der Waals surface area contributed by atoms with E-state index in [1.54, 1.807) is 6.92 Å². The number of benzene rings is 1. The summed E-state index contributed by atoms with van der Waals surface area (Å²) in [6.07, 6.45) is 1.42. The van der Waals surface area contributed by atoms with Crippen molar-refractivity contribution in [1.29, 1.82) is 0 Å². The molecule has 25 heavy (non-hydrogen) atoms. The number of rotatable bonds is 5. The fourth-order valence-electron chi connectivity index (χ4n) is 2.24. The molecule has 2 N–H and O–H groups in total. The number of aryl methyl sites for hydroxylation is 2. The van der Waals surface area contributed by atoms with Crippen LogP contribution in [-0.4, -0.2) is 18.4 Å². The lowest BCUT2D eigenvalue weighted by molar-refractivity contribution is -0.123. The van der Waals surface area contributed by atoms with Crippen LogP contribution in [0.1, 0.15) is 47.0 Å². The minimum atomic E-state index is -0.454. The van der Waals surface area contributed by atoms with Crippen molar-refractivity contribution in [3.63, 3.8) is 0 Å². The van der Waals surface area contributed by atoms with Gasteiger partial charge in [0, 0.05) is 4.47 Å². The molecule has 0 spiro atoms. The average molecular weight is 409 g/mol. The topological polar surface area (TPSA) is 80.6 Å². The summed E-state index contributed by atoms with van der Waals surface area (Å²) in [5.74, 6) is 0.489. The van der Waals surface area contributed by atoms with Gasteiger partial charge in [0.2, 0.25) is 0 Å². The van der Waals surface area contributed by atoms with Crippen molar-refractivity contribution < 1.29 is 18.7 Å². The third-order valence-electron chi connectivity index (χ3n) is 3.69. The summed E-state index contributed by atoms with van der Waals surface area (Å²) in [4.78, 5) is 23.8. The summed E-state index contributed by atoms with van der Waals surface area (Å²) in [5.41, 5.74) is 7.05. The van der Waals surface area contributed by atoms with Gasteiger partial charge in [-0.2, -0.15) is 0 Å². The Labute approximate surface area is 155 Å². The molecule has 0 aliphatic carbocycles. The van der Waals surface area contributed by atoms with Crippen LogP contribution in [0.2, 0.25) is 0 Å². The largest absolute Gasteiger partial charge is 0.483 e. The Morgan fingerprint density at radius 1 is 1.24 bits per heavy atom. The number of amides is 2. The van der Waals surface area contributed by atoms with Crippen LogP contribution in [0.15, 0.2) is 33.4 Å². The molecule has 0 fully saturated rings. The Bertz CT molecular complexity index is 783. The monoisotopic (exact) mass is 408 g/mol. The van der Waals surface area contributed by atoms with Crippen LogP contribution in [0.3, 0.4) is 0 Å². The standard InChI is InChI=1S/C18H21BrN2O4/c1-10(2)14-8-15(19)11(3)7-16(14)25-9-17(22)20-21-18(23)13-5-6-24-12(13)4/h5-8,10H,9H2,1-4H3,(H,20,22)(H,21,23). The van der Waals surface area contributed by atoms with E-state index in [0.717, 1.165) is 15.6 Å². The van der Waals surface area contributed by atoms with Gasteiger partial charge in [0.15, 0.2) is 6.61 Å². The van der Waals surface area contributed by atoms with E-state index in [-0.39, 0.29) is 12.5 Å². The highest BCUT2D eigenvalue weighted by molar-refractivity contribution is 9.10. The molecule has 1 heterocycles. The van der Waals surface area contributed by atoms with Gasteiger partial charge in [0.05, 0.1) is 11.8 Å². The van der Waals surface area contributed by atoms with Crippen molar-refractivity contribution in [2.75, 3.05) is 6.61 Å². The Kier molecular flexibility index (Phi) is 6.25. The van der Waals surface area contributed by atoms with Gasteiger partial charge in [0.1, 0.15) is 11.5 Å². The minimum Gasteiger partial charge on any atom is -0.483 e. The van der Waals surface area contributed by atoms with E-state index in [0.29, 0.717) is 17.1 Å². The third-order valence-corrected chi connectivity index (χ3v) is 4.55. The summed E-state index contributed by atoms with van der Waals surface area (Å²) in [6, 6.07) is 5.42. The molecule has 134 valence electrons. The van der Waals surface area contributed by atoms with Crippen LogP contribution in [0.25, 0.3) is 0 Å². The fourth-order valence-corrected chi connectivity index (χ4v) is 2.60. The summed E-state index contributed by atoms with van der Waals surface area (Å²) in [7, 11) is 0. The molecular weight excluding hydrogens is 388 g/mol. The molecule has 0 bridgehead atoms. The van der Waals surface area contributed by atoms with E-state index in [9.17, 15) is 9.59 Å². The highest BCUT2D eigenvalue weighted by atomic mass is 79.9. The van der Waals surface area contributed by atoms with Crippen molar-refractivity contribution in [1.82, 2.24) is 10.9 Å². The molecule has 0 aliphatic heterocycles. The lowest BCUT2D eigenvalue weighted by Gasteiger charge is -2.16. The number of carbonyl (C=O) groups is 2. The summed E-state index contributed by atoms with van der Waals surface area (Å²) < 4.78 is 11.7. The first-order valence-corrected chi connectivity index (χ1v) is 8.65. The van der Waals surface area contributed by atoms with E-state index in [1.165, 1.54) is 12.3 Å². The van der Waals surface area contributed by atoms with Crippen molar-refractivity contribution in [2.45, 2.75) is 33.6 Å². The molecule has 0 unspecified atom stereocenters. The summed E-state index contributed by atoms with van der Waals surface area (Å²) in [5, 5.41) is 0. The van der Waals surface area contributed by atoms with Gasteiger partial charge in [-0.15, -0.1) is 0 Å². The van der Waals surface area contributed by atoms with Crippen molar-refractivity contribution in [3.8, 4) is 5.75 Å². The quantitative estimate of drug-likeness (QED) is 0.740. The predicted octanol–water partition coefficient (Wildman–Crippen LogP) is 3.62. The van der Waals surface area contributed by atoms with Gasteiger partial charge in [-0.1, -0.05) is 29.8 Å². The van der Waals surface area contributed by atoms with Crippen LogP contribution in [0, 0.1) is 13.8 Å². The minimum absolute atomic E-state index is 0.203. The smallest absolute Gasteiger partial charge is 0.276 e. The lowest BCUT2D eigenvalue weighted by Crippen LogP contribution is -2.43. The van der Waals surface area contributed by atoms with Crippen molar-refractivity contribution in [2.24, 2.45) is 0 Å². The van der Waals surface area contributed by atoms with Gasteiger partial charge >= 0.3 is 0 Å². The number of halogens is 1. The molecule has 6 nitrogen and oxygen atoms in total. The number of carbonyl (C=O) groups excluding carboxylic acids is 2. The van der Waals surface area contributed by atoms with Crippen LogP contribution >= 0.6 is 15.9 Å². The van der Waals surface area contributed by atoms with E-state index >= 15 is 0 Å². The van der Waals surface area contributed by atoms with E-state index in [4.69, 9.17) is 9.15 Å². The molecule has 0 saturated carbocycles. The summed E-state index contributed by atoms with van der Waals surface area (Å²) >= 11 is 3.50. The molecule has 1 aromatic heterocycles. The molecule has 1 aromatic carbocycles. The van der Waals surface area contributed by atoms with Gasteiger partial charge in [-0.05, 0) is 49.1 Å².